The van der Waals surface area contributed by atoms with E-state index >= 15 is 0 Å². The topological polar surface area (TPSA) is 49.3 Å². The normalized spacial score (nSPS) is 18.5. The van der Waals surface area contributed by atoms with Crippen LogP contribution >= 0.6 is 11.6 Å². The highest BCUT2D eigenvalue weighted by atomic mass is 35.5. The molecule has 1 aliphatic carbocycles. The van der Waals surface area contributed by atoms with E-state index in [0.717, 1.165) is 18.4 Å². The Morgan fingerprint density at radius 1 is 1.47 bits per heavy atom. The van der Waals surface area contributed by atoms with Gasteiger partial charge in [0.05, 0.1) is 12.0 Å². The Balaban J connectivity index is 2.14. The van der Waals surface area contributed by atoms with Crippen LogP contribution in [0.1, 0.15) is 25.3 Å². The van der Waals surface area contributed by atoms with Gasteiger partial charge in [-0.25, -0.2) is 0 Å². The number of aliphatic hydroxyl groups is 1. The first-order valence-corrected chi connectivity index (χ1v) is 6.14. The highest BCUT2D eigenvalue weighted by molar-refractivity contribution is 6.30. The summed E-state index contributed by atoms with van der Waals surface area (Å²) in [5.74, 6) is 0.00127. The summed E-state index contributed by atoms with van der Waals surface area (Å²) in [6.45, 7) is 1.75. The molecule has 1 fully saturated rings. The van der Waals surface area contributed by atoms with Gasteiger partial charge in [-0.1, -0.05) is 23.7 Å². The van der Waals surface area contributed by atoms with Crippen LogP contribution < -0.4 is 5.32 Å². The molecule has 92 valence electrons. The van der Waals surface area contributed by atoms with Gasteiger partial charge in [-0.05, 0) is 37.5 Å². The first-order chi connectivity index (χ1) is 8.08. The van der Waals surface area contributed by atoms with Gasteiger partial charge in [0.25, 0.3) is 0 Å². The van der Waals surface area contributed by atoms with E-state index in [2.05, 4.69) is 5.32 Å². The largest absolute Gasteiger partial charge is 0.394 e. The van der Waals surface area contributed by atoms with E-state index in [9.17, 15) is 4.79 Å². The molecule has 1 unspecified atom stereocenters. The SMILES string of the molecule is CC(CO)NC(=O)C1(c2ccc(Cl)cc2)CC1. The molecule has 3 nitrogen and oxygen atoms in total. The first kappa shape index (κ1) is 12.4. The van der Waals surface area contributed by atoms with Gasteiger partial charge in [-0.3, -0.25) is 4.79 Å². The minimum Gasteiger partial charge on any atom is -0.394 e. The molecule has 1 aromatic carbocycles. The molecule has 17 heavy (non-hydrogen) atoms. The lowest BCUT2D eigenvalue weighted by Crippen LogP contribution is -2.41. The molecule has 0 bridgehead atoms. The van der Waals surface area contributed by atoms with Gasteiger partial charge in [0, 0.05) is 11.1 Å². The third-order valence-electron chi connectivity index (χ3n) is 3.23. The highest BCUT2D eigenvalue weighted by Gasteiger charge is 2.51. The van der Waals surface area contributed by atoms with Crippen molar-refractivity contribution in [3.63, 3.8) is 0 Å². The number of benzene rings is 1. The molecule has 0 radical (unpaired) electrons. The Bertz CT molecular complexity index is 412. The lowest BCUT2D eigenvalue weighted by molar-refractivity contribution is -0.124. The van der Waals surface area contributed by atoms with Gasteiger partial charge in [-0.2, -0.15) is 0 Å². The van der Waals surface area contributed by atoms with Crippen LogP contribution in [0, 0.1) is 0 Å². The Kier molecular flexibility index (Phi) is 3.40. The summed E-state index contributed by atoms with van der Waals surface area (Å²) in [4.78, 5) is 12.1. The van der Waals surface area contributed by atoms with Crippen molar-refractivity contribution in [2.45, 2.75) is 31.2 Å². The molecule has 2 N–H and O–H groups in total. The number of carbonyl (C=O) groups is 1. The smallest absolute Gasteiger partial charge is 0.230 e. The third-order valence-corrected chi connectivity index (χ3v) is 3.48. The fourth-order valence-corrected chi connectivity index (χ4v) is 2.07. The number of carbonyl (C=O) groups excluding carboxylic acids is 1. The van der Waals surface area contributed by atoms with Crippen LogP contribution in [0.15, 0.2) is 24.3 Å². The second-order valence-electron chi connectivity index (χ2n) is 4.65. The minimum absolute atomic E-state index is 0.00127. The molecule has 1 amide bonds. The Labute approximate surface area is 106 Å². The van der Waals surface area contributed by atoms with Crippen molar-refractivity contribution in [3.8, 4) is 0 Å². The number of aliphatic hydroxyl groups excluding tert-OH is 1. The van der Waals surface area contributed by atoms with E-state index in [0.29, 0.717) is 5.02 Å². The maximum atomic E-state index is 12.1. The monoisotopic (exact) mass is 253 g/mol. The molecular formula is C13H16ClNO2. The van der Waals surface area contributed by atoms with Crippen molar-refractivity contribution >= 4 is 17.5 Å². The lowest BCUT2D eigenvalue weighted by atomic mass is 9.95. The maximum absolute atomic E-state index is 12.1. The average molecular weight is 254 g/mol. The van der Waals surface area contributed by atoms with Crippen molar-refractivity contribution in [2.24, 2.45) is 0 Å². The van der Waals surface area contributed by atoms with Gasteiger partial charge in [-0.15, -0.1) is 0 Å². The molecule has 0 aromatic heterocycles. The molecule has 2 rings (SSSR count). The molecule has 1 saturated carbocycles. The third kappa shape index (κ3) is 2.45. The molecule has 0 saturated heterocycles. The summed E-state index contributed by atoms with van der Waals surface area (Å²) in [7, 11) is 0. The Morgan fingerprint density at radius 3 is 2.53 bits per heavy atom. The zero-order chi connectivity index (χ0) is 12.5. The van der Waals surface area contributed by atoms with Gasteiger partial charge >= 0.3 is 0 Å². The van der Waals surface area contributed by atoms with Gasteiger partial charge < -0.3 is 10.4 Å². The predicted octanol–water partition coefficient (Wildman–Crippen LogP) is 1.87. The summed E-state index contributed by atoms with van der Waals surface area (Å²) in [6, 6.07) is 7.21. The number of hydrogen-bond donors (Lipinski definition) is 2. The fraction of sp³-hybridized carbons (Fsp3) is 0.462. The number of amides is 1. The summed E-state index contributed by atoms with van der Waals surface area (Å²) in [6.07, 6.45) is 1.72. The molecule has 0 heterocycles. The van der Waals surface area contributed by atoms with E-state index in [1.54, 1.807) is 19.1 Å². The van der Waals surface area contributed by atoms with E-state index in [4.69, 9.17) is 16.7 Å². The predicted molar refractivity (Wildman–Crippen MR) is 67.1 cm³/mol. The molecule has 0 aliphatic heterocycles. The standard InChI is InChI=1S/C13H16ClNO2/c1-9(8-16)15-12(17)13(6-7-13)10-2-4-11(14)5-3-10/h2-5,9,16H,6-8H2,1H3,(H,15,17). The zero-order valence-electron chi connectivity index (χ0n) is 9.74. The summed E-state index contributed by atoms with van der Waals surface area (Å²) >= 11 is 5.83. The average Bonchev–Trinajstić information content (AvgIpc) is 3.11. The van der Waals surface area contributed by atoms with Crippen LogP contribution in [0.5, 0.6) is 0 Å². The van der Waals surface area contributed by atoms with Crippen LogP contribution in [-0.2, 0) is 10.2 Å². The van der Waals surface area contributed by atoms with Gasteiger partial charge in [0.15, 0.2) is 0 Å². The van der Waals surface area contributed by atoms with Crippen molar-refractivity contribution in [2.75, 3.05) is 6.61 Å². The summed E-state index contributed by atoms with van der Waals surface area (Å²) in [5, 5.41) is 12.4. The molecule has 1 atom stereocenters. The van der Waals surface area contributed by atoms with Crippen LogP contribution in [0.3, 0.4) is 0 Å². The second kappa shape index (κ2) is 4.67. The van der Waals surface area contributed by atoms with E-state index in [1.807, 2.05) is 12.1 Å². The second-order valence-corrected chi connectivity index (χ2v) is 5.08. The molecule has 0 spiro atoms. The molecular weight excluding hydrogens is 238 g/mol. The Morgan fingerprint density at radius 2 is 2.06 bits per heavy atom. The first-order valence-electron chi connectivity index (χ1n) is 5.76. The summed E-state index contributed by atoms with van der Waals surface area (Å²) < 4.78 is 0. The van der Waals surface area contributed by atoms with E-state index in [1.165, 1.54) is 0 Å². The molecule has 1 aliphatic rings. The minimum atomic E-state index is -0.395. The van der Waals surface area contributed by atoms with Crippen molar-refractivity contribution < 1.29 is 9.90 Å². The summed E-state index contributed by atoms with van der Waals surface area (Å²) in [5.41, 5.74) is 0.609. The van der Waals surface area contributed by atoms with Gasteiger partial charge in [0.2, 0.25) is 5.91 Å². The van der Waals surface area contributed by atoms with E-state index < -0.39 is 5.41 Å². The zero-order valence-corrected chi connectivity index (χ0v) is 10.5. The van der Waals surface area contributed by atoms with E-state index in [-0.39, 0.29) is 18.6 Å². The van der Waals surface area contributed by atoms with Crippen molar-refractivity contribution in [1.82, 2.24) is 5.32 Å². The molecule has 4 heteroatoms. The number of nitrogens with one attached hydrogen (secondary N) is 1. The van der Waals surface area contributed by atoms with Crippen molar-refractivity contribution in [3.05, 3.63) is 34.9 Å². The lowest BCUT2D eigenvalue weighted by Gasteiger charge is -2.18. The Hall–Kier alpha value is -1.06. The van der Waals surface area contributed by atoms with Crippen molar-refractivity contribution in [1.29, 1.82) is 0 Å². The fourth-order valence-electron chi connectivity index (χ4n) is 1.95. The number of hydrogen-bond acceptors (Lipinski definition) is 2. The number of rotatable bonds is 4. The highest BCUT2D eigenvalue weighted by Crippen LogP contribution is 2.48. The molecule has 1 aromatic rings. The van der Waals surface area contributed by atoms with Crippen LogP contribution in [0.4, 0.5) is 0 Å². The van der Waals surface area contributed by atoms with Crippen LogP contribution in [0.2, 0.25) is 5.02 Å². The quantitative estimate of drug-likeness (QED) is 0.861. The van der Waals surface area contributed by atoms with Crippen LogP contribution in [-0.4, -0.2) is 23.7 Å². The van der Waals surface area contributed by atoms with Gasteiger partial charge in [0.1, 0.15) is 0 Å². The maximum Gasteiger partial charge on any atom is 0.230 e. The number of halogens is 1. The van der Waals surface area contributed by atoms with Crippen LogP contribution in [0.25, 0.3) is 0 Å².